The Balaban J connectivity index is 2.35. The summed E-state index contributed by atoms with van der Waals surface area (Å²) < 4.78 is 31.9. The van der Waals surface area contributed by atoms with Gasteiger partial charge in [-0.15, -0.1) is 11.3 Å². The Morgan fingerprint density at radius 1 is 1.33 bits per heavy atom. The average Bonchev–Trinajstić information content (AvgIpc) is 2.97. The molecule has 0 amide bonds. The molecular weight excluding hydrogens is 308 g/mol. The number of hydrogen-bond donors (Lipinski definition) is 1. The Kier molecular flexibility index (Phi) is 4.87. The van der Waals surface area contributed by atoms with Gasteiger partial charge in [0.1, 0.15) is 10.6 Å². The van der Waals surface area contributed by atoms with Crippen LogP contribution in [0.3, 0.4) is 0 Å². The van der Waals surface area contributed by atoms with Crippen LogP contribution in [0.2, 0.25) is 0 Å². The highest BCUT2D eigenvalue weighted by Gasteiger charge is 2.25. The van der Waals surface area contributed by atoms with E-state index in [1.54, 1.807) is 6.07 Å². The summed E-state index contributed by atoms with van der Waals surface area (Å²) in [7, 11) is -2.11. The van der Waals surface area contributed by atoms with E-state index in [0.717, 1.165) is 4.88 Å². The van der Waals surface area contributed by atoms with Crippen LogP contribution in [0.5, 0.6) is 5.75 Å². The molecule has 0 bridgehead atoms. The first kappa shape index (κ1) is 15.8. The fraction of sp³-hybridized carbons (Fsp3) is 0.286. The first-order chi connectivity index (χ1) is 9.98. The Bertz CT molecular complexity index is 697. The molecule has 2 rings (SSSR count). The maximum absolute atomic E-state index is 12.7. The summed E-state index contributed by atoms with van der Waals surface area (Å²) in [5.74, 6) is 0.535. The monoisotopic (exact) mass is 326 g/mol. The van der Waals surface area contributed by atoms with E-state index in [-0.39, 0.29) is 10.6 Å². The summed E-state index contributed by atoms with van der Waals surface area (Å²) in [6, 6.07) is 8.43. The summed E-state index contributed by atoms with van der Waals surface area (Å²) in [6.07, 6.45) is 0. The first-order valence-electron chi connectivity index (χ1n) is 6.45. The SMILES string of the molecule is CCN(Cc1cccs1)S(=O)(=O)c1ccc(OC)cc1N. The number of nitrogen functional groups attached to an aromatic ring is 1. The van der Waals surface area contributed by atoms with Crippen molar-refractivity contribution in [2.45, 2.75) is 18.4 Å². The summed E-state index contributed by atoms with van der Waals surface area (Å²) in [5.41, 5.74) is 6.06. The molecule has 114 valence electrons. The Labute approximate surface area is 129 Å². The van der Waals surface area contributed by atoms with Gasteiger partial charge in [0.15, 0.2) is 0 Å². The lowest BCUT2D eigenvalue weighted by molar-refractivity contribution is 0.414. The molecule has 5 nitrogen and oxygen atoms in total. The number of sulfonamides is 1. The topological polar surface area (TPSA) is 72.6 Å². The Hall–Kier alpha value is -1.57. The number of rotatable bonds is 6. The molecule has 2 N–H and O–H groups in total. The average molecular weight is 326 g/mol. The van der Waals surface area contributed by atoms with Crippen molar-refractivity contribution in [3.8, 4) is 5.75 Å². The maximum atomic E-state index is 12.7. The van der Waals surface area contributed by atoms with Gasteiger partial charge in [-0.05, 0) is 23.6 Å². The molecule has 0 spiro atoms. The second-order valence-corrected chi connectivity index (χ2v) is 7.35. The van der Waals surface area contributed by atoms with Crippen molar-refractivity contribution < 1.29 is 13.2 Å². The molecule has 0 saturated carbocycles. The lowest BCUT2D eigenvalue weighted by Gasteiger charge is -2.21. The van der Waals surface area contributed by atoms with Gasteiger partial charge in [-0.25, -0.2) is 8.42 Å². The number of hydrogen-bond acceptors (Lipinski definition) is 5. The standard InChI is InChI=1S/C14H18N2O3S2/c1-3-16(10-12-5-4-8-20-12)21(17,18)14-7-6-11(19-2)9-13(14)15/h4-9H,3,10,15H2,1-2H3. The molecule has 2 aromatic rings. The van der Waals surface area contributed by atoms with Gasteiger partial charge < -0.3 is 10.5 Å². The number of thiophene rings is 1. The predicted octanol–water partition coefficient (Wildman–Crippen LogP) is 2.55. The maximum Gasteiger partial charge on any atom is 0.245 e. The minimum absolute atomic E-state index is 0.113. The van der Waals surface area contributed by atoms with Crippen LogP contribution in [-0.4, -0.2) is 26.4 Å². The van der Waals surface area contributed by atoms with Crippen LogP contribution in [0.1, 0.15) is 11.8 Å². The summed E-state index contributed by atoms with van der Waals surface area (Å²) >= 11 is 1.53. The van der Waals surface area contributed by atoms with Crippen LogP contribution >= 0.6 is 11.3 Å². The molecular formula is C14H18N2O3S2. The van der Waals surface area contributed by atoms with Crippen molar-refractivity contribution in [2.24, 2.45) is 0 Å². The molecule has 0 aliphatic rings. The third-order valence-corrected chi connectivity index (χ3v) is 5.96. The van der Waals surface area contributed by atoms with Crippen molar-refractivity contribution in [3.63, 3.8) is 0 Å². The minimum Gasteiger partial charge on any atom is -0.497 e. The van der Waals surface area contributed by atoms with Gasteiger partial charge in [-0.3, -0.25) is 0 Å². The lowest BCUT2D eigenvalue weighted by Crippen LogP contribution is -2.30. The summed E-state index contributed by atoms with van der Waals surface area (Å²) in [5, 5.41) is 1.93. The molecule has 0 saturated heterocycles. The van der Waals surface area contributed by atoms with Crippen LogP contribution in [0.4, 0.5) is 5.69 Å². The highest BCUT2D eigenvalue weighted by molar-refractivity contribution is 7.89. The zero-order valence-electron chi connectivity index (χ0n) is 11.9. The number of anilines is 1. The molecule has 0 radical (unpaired) electrons. The zero-order valence-corrected chi connectivity index (χ0v) is 13.6. The Morgan fingerprint density at radius 3 is 2.62 bits per heavy atom. The van der Waals surface area contributed by atoms with Crippen LogP contribution in [-0.2, 0) is 16.6 Å². The van der Waals surface area contributed by atoms with E-state index in [4.69, 9.17) is 10.5 Å². The number of nitrogens with two attached hydrogens (primary N) is 1. The van der Waals surface area contributed by atoms with Gasteiger partial charge in [0.25, 0.3) is 0 Å². The van der Waals surface area contributed by atoms with Gasteiger partial charge in [0, 0.05) is 24.0 Å². The molecule has 1 aromatic heterocycles. The van der Waals surface area contributed by atoms with E-state index >= 15 is 0 Å². The van der Waals surface area contributed by atoms with E-state index in [1.165, 1.54) is 34.9 Å². The van der Waals surface area contributed by atoms with Gasteiger partial charge in [-0.2, -0.15) is 4.31 Å². The molecule has 7 heteroatoms. The molecule has 0 unspecified atom stereocenters. The number of benzene rings is 1. The van der Waals surface area contributed by atoms with Gasteiger partial charge >= 0.3 is 0 Å². The molecule has 0 aliphatic carbocycles. The minimum atomic E-state index is -3.62. The van der Waals surface area contributed by atoms with Crippen molar-refractivity contribution in [2.75, 3.05) is 19.4 Å². The summed E-state index contributed by atoms with van der Waals surface area (Å²) in [4.78, 5) is 1.11. The third kappa shape index (κ3) is 3.37. The molecule has 1 heterocycles. The number of methoxy groups -OCH3 is 1. The van der Waals surface area contributed by atoms with Crippen molar-refractivity contribution >= 4 is 27.0 Å². The van der Waals surface area contributed by atoms with Crippen molar-refractivity contribution in [1.82, 2.24) is 4.31 Å². The van der Waals surface area contributed by atoms with Crippen LogP contribution in [0, 0.1) is 0 Å². The third-order valence-electron chi connectivity index (χ3n) is 3.10. The Morgan fingerprint density at radius 2 is 2.10 bits per heavy atom. The zero-order chi connectivity index (χ0) is 15.5. The first-order valence-corrected chi connectivity index (χ1v) is 8.77. The second-order valence-electron chi connectivity index (χ2n) is 4.41. The molecule has 0 fully saturated rings. The van der Waals surface area contributed by atoms with Crippen LogP contribution < -0.4 is 10.5 Å². The second kappa shape index (κ2) is 6.46. The van der Waals surface area contributed by atoms with Gasteiger partial charge in [0.05, 0.1) is 12.8 Å². The highest BCUT2D eigenvalue weighted by atomic mass is 32.2. The number of nitrogens with zero attached hydrogens (tertiary/aromatic N) is 1. The predicted molar refractivity (Wildman–Crippen MR) is 85.0 cm³/mol. The van der Waals surface area contributed by atoms with E-state index < -0.39 is 10.0 Å². The van der Waals surface area contributed by atoms with E-state index in [1.807, 2.05) is 24.4 Å². The quantitative estimate of drug-likeness (QED) is 0.828. The van der Waals surface area contributed by atoms with E-state index in [0.29, 0.717) is 18.8 Å². The fourth-order valence-electron chi connectivity index (χ4n) is 1.97. The normalized spacial score (nSPS) is 11.8. The van der Waals surface area contributed by atoms with Crippen molar-refractivity contribution in [3.05, 3.63) is 40.6 Å². The molecule has 1 aromatic carbocycles. The number of ether oxygens (including phenoxy) is 1. The molecule has 0 atom stereocenters. The van der Waals surface area contributed by atoms with Gasteiger partial charge in [-0.1, -0.05) is 13.0 Å². The molecule has 21 heavy (non-hydrogen) atoms. The summed E-state index contributed by atoms with van der Waals surface area (Å²) in [6.45, 7) is 2.54. The lowest BCUT2D eigenvalue weighted by atomic mass is 10.3. The van der Waals surface area contributed by atoms with Gasteiger partial charge in [0.2, 0.25) is 10.0 Å². The largest absolute Gasteiger partial charge is 0.497 e. The smallest absolute Gasteiger partial charge is 0.245 e. The van der Waals surface area contributed by atoms with Crippen LogP contribution in [0.25, 0.3) is 0 Å². The van der Waals surface area contributed by atoms with E-state index in [9.17, 15) is 8.42 Å². The van der Waals surface area contributed by atoms with Crippen LogP contribution in [0.15, 0.2) is 40.6 Å². The van der Waals surface area contributed by atoms with E-state index in [2.05, 4.69) is 0 Å². The van der Waals surface area contributed by atoms with Crippen molar-refractivity contribution in [1.29, 1.82) is 0 Å². The molecule has 0 aliphatic heterocycles. The highest BCUT2D eigenvalue weighted by Crippen LogP contribution is 2.27. The fourth-order valence-corrected chi connectivity index (χ4v) is 4.30.